The highest BCUT2D eigenvalue weighted by molar-refractivity contribution is 7.99. The predicted octanol–water partition coefficient (Wildman–Crippen LogP) is 4.82. The molecule has 30 heavy (non-hydrogen) atoms. The Morgan fingerprint density at radius 1 is 0.933 bits per heavy atom. The average molecular weight is 440 g/mol. The van der Waals surface area contributed by atoms with E-state index in [1.165, 1.54) is 35.4 Å². The molecule has 0 spiro atoms. The molecule has 0 saturated heterocycles. The lowest BCUT2D eigenvalue weighted by molar-refractivity contribution is -0.143. The van der Waals surface area contributed by atoms with Crippen molar-refractivity contribution in [1.82, 2.24) is 5.32 Å². The van der Waals surface area contributed by atoms with Crippen LogP contribution in [0.4, 0.5) is 0 Å². The summed E-state index contributed by atoms with van der Waals surface area (Å²) in [6.07, 6.45) is 10.4. The highest BCUT2D eigenvalue weighted by Crippen LogP contribution is 2.13. The Balaban J connectivity index is 4.31. The largest absolute Gasteiger partial charge is 0.481 e. The van der Waals surface area contributed by atoms with Crippen molar-refractivity contribution in [3.05, 3.63) is 34.9 Å². The van der Waals surface area contributed by atoms with E-state index in [4.69, 9.17) is 5.11 Å². The number of rotatable bonds is 15. The SMILES string of the molecule is CC(C)=CCC/C(C)=C/CC/C(C)=C/CSCC(NC(=O)C(C)CC(=O)O)C(=O)O. The number of carboxylic acids is 2. The summed E-state index contributed by atoms with van der Waals surface area (Å²) in [6.45, 7) is 9.91. The fraction of sp³-hybridized carbons (Fsp3) is 0.609. The lowest BCUT2D eigenvalue weighted by Crippen LogP contribution is -2.45. The van der Waals surface area contributed by atoms with Gasteiger partial charge in [-0.15, -0.1) is 0 Å². The number of allylic oxidation sites excluding steroid dienone is 5. The second-order valence-electron chi connectivity index (χ2n) is 7.90. The smallest absolute Gasteiger partial charge is 0.327 e. The minimum absolute atomic E-state index is 0.230. The Bertz CT molecular complexity index is 663. The van der Waals surface area contributed by atoms with Crippen molar-refractivity contribution in [3.63, 3.8) is 0 Å². The minimum atomic E-state index is -1.12. The number of amides is 1. The van der Waals surface area contributed by atoms with Gasteiger partial charge in [-0.2, -0.15) is 11.8 Å². The summed E-state index contributed by atoms with van der Waals surface area (Å²) in [6, 6.07) is -1.03. The maximum Gasteiger partial charge on any atom is 0.327 e. The van der Waals surface area contributed by atoms with Crippen LogP contribution in [-0.4, -0.2) is 45.6 Å². The lowest BCUT2D eigenvalue weighted by atomic mass is 10.1. The minimum Gasteiger partial charge on any atom is -0.481 e. The van der Waals surface area contributed by atoms with Crippen LogP contribution >= 0.6 is 11.8 Å². The molecule has 3 N–H and O–H groups in total. The van der Waals surface area contributed by atoms with Crippen molar-refractivity contribution >= 4 is 29.6 Å². The van der Waals surface area contributed by atoms with Crippen molar-refractivity contribution in [2.75, 3.05) is 11.5 Å². The van der Waals surface area contributed by atoms with E-state index in [-0.39, 0.29) is 12.2 Å². The standard InChI is InChI=1S/C23H37NO5S/c1-16(2)8-6-9-17(3)10-7-11-18(4)12-13-30-15-20(23(28)29)24-22(27)19(5)14-21(25)26/h8,10,12,19-20H,6-7,9,11,13-15H2,1-5H3,(H,24,27)(H,25,26)(H,28,29)/b17-10+,18-12+. The van der Waals surface area contributed by atoms with E-state index >= 15 is 0 Å². The molecule has 7 heteroatoms. The lowest BCUT2D eigenvalue weighted by Gasteiger charge is -2.16. The molecule has 0 radical (unpaired) electrons. The van der Waals surface area contributed by atoms with Crippen LogP contribution in [0.5, 0.6) is 0 Å². The van der Waals surface area contributed by atoms with Gasteiger partial charge in [0.2, 0.25) is 5.91 Å². The van der Waals surface area contributed by atoms with Crippen LogP contribution in [0.3, 0.4) is 0 Å². The van der Waals surface area contributed by atoms with Gasteiger partial charge < -0.3 is 15.5 Å². The van der Waals surface area contributed by atoms with Gasteiger partial charge in [-0.3, -0.25) is 9.59 Å². The quantitative estimate of drug-likeness (QED) is 0.250. The number of thioether (sulfide) groups is 1. The van der Waals surface area contributed by atoms with Gasteiger partial charge in [-0.1, -0.05) is 41.9 Å². The molecule has 0 heterocycles. The van der Waals surface area contributed by atoms with E-state index in [0.29, 0.717) is 5.75 Å². The molecule has 0 fully saturated rings. The van der Waals surface area contributed by atoms with E-state index in [1.54, 1.807) is 0 Å². The number of hydrogen-bond donors (Lipinski definition) is 3. The van der Waals surface area contributed by atoms with Crippen molar-refractivity contribution in [2.45, 2.75) is 72.8 Å². The number of hydrogen-bond acceptors (Lipinski definition) is 4. The first-order chi connectivity index (χ1) is 14.0. The first kappa shape index (κ1) is 28.0. The summed E-state index contributed by atoms with van der Waals surface area (Å²) < 4.78 is 0. The maximum absolute atomic E-state index is 11.9. The Kier molecular flexibility index (Phi) is 14.7. The Labute approximate surface area is 184 Å². The molecule has 6 nitrogen and oxygen atoms in total. The van der Waals surface area contributed by atoms with Crippen molar-refractivity contribution in [2.24, 2.45) is 5.92 Å². The van der Waals surface area contributed by atoms with Gasteiger partial charge in [-0.05, 0) is 53.4 Å². The summed E-state index contributed by atoms with van der Waals surface area (Å²) in [5, 5.41) is 20.4. The Morgan fingerprint density at radius 3 is 2.03 bits per heavy atom. The third-order valence-electron chi connectivity index (χ3n) is 4.50. The molecule has 0 aromatic heterocycles. The first-order valence-electron chi connectivity index (χ1n) is 10.3. The average Bonchev–Trinajstić information content (AvgIpc) is 2.62. The zero-order valence-electron chi connectivity index (χ0n) is 18.9. The van der Waals surface area contributed by atoms with Crippen molar-refractivity contribution < 1.29 is 24.6 Å². The monoisotopic (exact) mass is 439 g/mol. The van der Waals surface area contributed by atoms with Gasteiger partial charge in [0.25, 0.3) is 0 Å². The molecule has 0 aromatic rings. The summed E-state index contributed by atoms with van der Waals surface area (Å²) in [4.78, 5) is 34.0. The Hall–Kier alpha value is -2.02. The maximum atomic E-state index is 11.9. The molecule has 0 bridgehead atoms. The summed E-state index contributed by atoms with van der Waals surface area (Å²) in [7, 11) is 0. The van der Waals surface area contributed by atoms with Crippen LogP contribution in [0.1, 0.15) is 66.7 Å². The molecule has 1 amide bonds. The summed E-state index contributed by atoms with van der Waals surface area (Å²) in [5.74, 6) is -2.63. The number of carbonyl (C=O) groups is 3. The van der Waals surface area contributed by atoms with E-state index in [9.17, 15) is 19.5 Å². The van der Waals surface area contributed by atoms with Crippen LogP contribution in [0.25, 0.3) is 0 Å². The molecule has 0 aliphatic rings. The molecule has 0 saturated carbocycles. The third-order valence-corrected chi connectivity index (χ3v) is 5.47. The van der Waals surface area contributed by atoms with E-state index < -0.39 is 29.8 Å². The molecule has 0 aliphatic carbocycles. The third kappa shape index (κ3) is 14.9. The van der Waals surface area contributed by atoms with Crippen LogP contribution in [-0.2, 0) is 14.4 Å². The number of carboxylic acid groups (broad SMARTS) is 2. The highest BCUT2D eigenvalue weighted by Gasteiger charge is 2.24. The topological polar surface area (TPSA) is 104 Å². The van der Waals surface area contributed by atoms with Crippen LogP contribution < -0.4 is 5.32 Å². The molecule has 170 valence electrons. The summed E-state index contributed by atoms with van der Waals surface area (Å²) in [5.41, 5.74) is 3.99. The second-order valence-corrected chi connectivity index (χ2v) is 8.97. The second kappa shape index (κ2) is 15.8. The number of aliphatic carboxylic acids is 2. The molecule has 0 aromatic carbocycles. The zero-order chi connectivity index (χ0) is 23.1. The van der Waals surface area contributed by atoms with Gasteiger partial charge in [0.1, 0.15) is 6.04 Å². The van der Waals surface area contributed by atoms with E-state index in [2.05, 4.69) is 51.2 Å². The van der Waals surface area contributed by atoms with Crippen LogP contribution in [0.15, 0.2) is 34.9 Å². The van der Waals surface area contributed by atoms with Crippen LogP contribution in [0, 0.1) is 5.92 Å². The number of carbonyl (C=O) groups excluding carboxylic acids is 1. The molecule has 0 aliphatic heterocycles. The number of nitrogens with one attached hydrogen (secondary N) is 1. The molecule has 0 rings (SSSR count). The fourth-order valence-corrected chi connectivity index (χ4v) is 3.57. The first-order valence-corrected chi connectivity index (χ1v) is 11.5. The van der Waals surface area contributed by atoms with Crippen molar-refractivity contribution in [1.29, 1.82) is 0 Å². The van der Waals surface area contributed by atoms with E-state index in [0.717, 1.165) is 25.7 Å². The molecular formula is C23H37NO5S. The van der Waals surface area contributed by atoms with Crippen LogP contribution in [0.2, 0.25) is 0 Å². The van der Waals surface area contributed by atoms with Gasteiger partial charge in [0.05, 0.1) is 6.42 Å². The van der Waals surface area contributed by atoms with Gasteiger partial charge in [-0.25, -0.2) is 4.79 Å². The molecule has 2 atom stereocenters. The molecule has 2 unspecified atom stereocenters. The molecular weight excluding hydrogens is 402 g/mol. The predicted molar refractivity (Wildman–Crippen MR) is 124 cm³/mol. The normalized spacial score (nSPS) is 14.0. The fourth-order valence-electron chi connectivity index (χ4n) is 2.57. The van der Waals surface area contributed by atoms with Crippen molar-refractivity contribution in [3.8, 4) is 0 Å². The van der Waals surface area contributed by atoms with Gasteiger partial charge >= 0.3 is 11.9 Å². The van der Waals surface area contributed by atoms with Gasteiger partial charge in [0, 0.05) is 17.4 Å². The van der Waals surface area contributed by atoms with E-state index in [1.807, 2.05) is 0 Å². The Morgan fingerprint density at radius 2 is 1.50 bits per heavy atom. The zero-order valence-corrected chi connectivity index (χ0v) is 19.7. The van der Waals surface area contributed by atoms with Gasteiger partial charge in [0.15, 0.2) is 0 Å². The highest BCUT2D eigenvalue weighted by atomic mass is 32.2. The summed E-state index contributed by atoms with van der Waals surface area (Å²) >= 11 is 1.43.